The zero-order valence-electron chi connectivity index (χ0n) is 17.0. The lowest BCUT2D eigenvalue weighted by atomic mass is 10.1. The number of thiazole rings is 1. The first kappa shape index (κ1) is 18.3. The Kier molecular flexibility index (Phi) is 3.97. The van der Waals surface area contributed by atoms with Crippen LogP contribution in [0.25, 0.3) is 33.5 Å². The number of aryl methyl sites for hydroxylation is 2. The van der Waals surface area contributed by atoms with Crippen molar-refractivity contribution >= 4 is 44.4 Å². The molecule has 1 fully saturated rings. The molecule has 1 saturated carbocycles. The molecule has 1 aliphatic carbocycles. The first-order valence-electron chi connectivity index (χ1n) is 10.2. The molecule has 0 saturated heterocycles. The summed E-state index contributed by atoms with van der Waals surface area (Å²) in [5.41, 5.74) is 4.61. The van der Waals surface area contributed by atoms with Crippen LogP contribution in [0.5, 0.6) is 0 Å². The van der Waals surface area contributed by atoms with Gasteiger partial charge in [-0.25, -0.2) is 9.97 Å². The van der Waals surface area contributed by atoms with E-state index in [9.17, 15) is 4.79 Å². The molecule has 1 aliphatic rings. The van der Waals surface area contributed by atoms with Gasteiger partial charge in [0.2, 0.25) is 0 Å². The molecular formula is C23H19N5O2S. The molecule has 154 valence electrons. The molecule has 0 unspecified atom stereocenters. The molecular weight excluding hydrogens is 410 g/mol. The predicted molar refractivity (Wildman–Crippen MR) is 120 cm³/mol. The lowest BCUT2D eigenvalue weighted by Gasteiger charge is -2.07. The zero-order valence-corrected chi connectivity index (χ0v) is 17.9. The smallest absolute Gasteiger partial charge is 0.258 e. The van der Waals surface area contributed by atoms with Gasteiger partial charge in [-0.3, -0.25) is 14.8 Å². The Hall–Kier alpha value is -3.52. The van der Waals surface area contributed by atoms with Crippen LogP contribution in [0.2, 0.25) is 0 Å². The highest BCUT2D eigenvalue weighted by atomic mass is 32.1. The number of fused-ring (bicyclic) bond motifs is 2. The topological polar surface area (TPSA) is 85.8 Å². The van der Waals surface area contributed by atoms with Crippen LogP contribution in [0.1, 0.15) is 40.5 Å². The second kappa shape index (κ2) is 6.75. The van der Waals surface area contributed by atoms with Gasteiger partial charge in [0.15, 0.2) is 16.5 Å². The van der Waals surface area contributed by atoms with E-state index in [1.165, 1.54) is 11.3 Å². The number of anilines is 1. The van der Waals surface area contributed by atoms with Crippen LogP contribution in [0.15, 0.2) is 46.2 Å². The summed E-state index contributed by atoms with van der Waals surface area (Å²) in [6.45, 7) is 1.90. The molecule has 0 aliphatic heterocycles. The van der Waals surface area contributed by atoms with Crippen molar-refractivity contribution in [2.45, 2.75) is 25.7 Å². The van der Waals surface area contributed by atoms with Crippen molar-refractivity contribution in [1.29, 1.82) is 0 Å². The number of nitrogens with one attached hydrogen (secondary N) is 1. The number of amides is 1. The number of hydrogen-bond donors (Lipinski definition) is 1. The van der Waals surface area contributed by atoms with Gasteiger partial charge in [0.25, 0.3) is 5.91 Å². The third-order valence-corrected chi connectivity index (χ3v) is 6.39. The second-order valence-corrected chi connectivity index (χ2v) is 8.78. The quantitative estimate of drug-likeness (QED) is 0.420. The van der Waals surface area contributed by atoms with Crippen LogP contribution in [0.3, 0.4) is 0 Å². The number of benzene rings is 1. The van der Waals surface area contributed by atoms with Crippen LogP contribution in [0, 0.1) is 6.92 Å². The summed E-state index contributed by atoms with van der Waals surface area (Å²) in [6.07, 6.45) is 2.23. The fourth-order valence-corrected chi connectivity index (χ4v) is 4.64. The van der Waals surface area contributed by atoms with Gasteiger partial charge >= 0.3 is 0 Å². The van der Waals surface area contributed by atoms with Gasteiger partial charge in [0.05, 0.1) is 16.6 Å². The Morgan fingerprint density at radius 1 is 1.23 bits per heavy atom. The van der Waals surface area contributed by atoms with Gasteiger partial charge in [0, 0.05) is 29.4 Å². The first-order chi connectivity index (χ1) is 15.1. The second-order valence-electron chi connectivity index (χ2n) is 7.92. The highest BCUT2D eigenvalue weighted by Gasteiger charge is 2.28. The lowest BCUT2D eigenvalue weighted by Crippen LogP contribution is -2.13. The van der Waals surface area contributed by atoms with Crippen molar-refractivity contribution < 1.29 is 9.21 Å². The van der Waals surface area contributed by atoms with Gasteiger partial charge in [-0.05, 0) is 38.0 Å². The number of carbonyl (C=O) groups is 1. The van der Waals surface area contributed by atoms with Gasteiger partial charge in [-0.15, -0.1) is 11.3 Å². The first-order valence-corrected chi connectivity index (χ1v) is 11.0. The van der Waals surface area contributed by atoms with Gasteiger partial charge in [-0.2, -0.15) is 5.10 Å². The average Bonchev–Trinajstić information content (AvgIpc) is 3.24. The largest absolute Gasteiger partial charge is 0.454 e. The maximum atomic E-state index is 13.2. The summed E-state index contributed by atoms with van der Waals surface area (Å²) in [6, 6.07) is 11.7. The molecule has 0 spiro atoms. The summed E-state index contributed by atoms with van der Waals surface area (Å²) in [7, 11) is 1.86. The third-order valence-electron chi connectivity index (χ3n) is 5.63. The van der Waals surface area contributed by atoms with Gasteiger partial charge < -0.3 is 4.42 Å². The van der Waals surface area contributed by atoms with E-state index >= 15 is 0 Å². The third kappa shape index (κ3) is 3.11. The van der Waals surface area contributed by atoms with Crippen molar-refractivity contribution in [3.63, 3.8) is 0 Å². The zero-order chi connectivity index (χ0) is 21.1. The van der Waals surface area contributed by atoms with Crippen LogP contribution in [-0.4, -0.2) is 25.7 Å². The summed E-state index contributed by atoms with van der Waals surface area (Å²) < 4.78 is 7.64. The van der Waals surface area contributed by atoms with Crippen LogP contribution in [-0.2, 0) is 7.05 Å². The van der Waals surface area contributed by atoms with E-state index in [1.807, 2.05) is 55.7 Å². The van der Waals surface area contributed by atoms with Crippen molar-refractivity contribution in [3.05, 3.63) is 58.7 Å². The minimum absolute atomic E-state index is 0.198. The maximum Gasteiger partial charge on any atom is 0.258 e. The van der Waals surface area contributed by atoms with E-state index in [0.717, 1.165) is 46.2 Å². The van der Waals surface area contributed by atoms with E-state index < -0.39 is 0 Å². The Morgan fingerprint density at radius 3 is 2.87 bits per heavy atom. The van der Waals surface area contributed by atoms with Crippen molar-refractivity contribution in [2.24, 2.45) is 7.05 Å². The predicted octanol–water partition coefficient (Wildman–Crippen LogP) is 5.28. The molecule has 0 radical (unpaired) electrons. The van der Waals surface area contributed by atoms with E-state index in [4.69, 9.17) is 9.40 Å². The average molecular weight is 430 g/mol. The minimum Gasteiger partial charge on any atom is -0.454 e. The molecule has 4 aromatic heterocycles. The number of pyridine rings is 1. The molecule has 0 atom stereocenters. The van der Waals surface area contributed by atoms with Crippen LogP contribution >= 0.6 is 11.3 Å². The monoisotopic (exact) mass is 429 g/mol. The molecule has 1 N–H and O–H groups in total. The number of hydrogen-bond acceptors (Lipinski definition) is 6. The molecule has 1 amide bonds. The molecule has 31 heavy (non-hydrogen) atoms. The molecule has 8 heteroatoms. The Morgan fingerprint density at radius 2 is 2.06 bits per heavy atom. The SMILES string of the molecule is Cc1nn(C)c2nc(C3CC3)cc(C(=O)Nc3nc(-c4cc5ccccc5o4)cs3)c12. The summed E-state index contributed by atoms with van der Waals surface area (Å²) in [4.78, 5) is 22.6. The van der Waals surface area contributed by atoms with E-state index in [1.54, 1.807) is 4.68 Å². The number of furan rings is 1. The maximum absolute atomic E-state index is 13.2. The number of rotatable bonds is 4. The highest BCUT2D eigenvalue weighted by Crippen LogP contribution is 2.40. The minimum atomic E-state index is -0.198. The van der Waals surface area contributed by atoms with Crippen LogP contribution < -0.4 is 5.32 Å². The molecule has 5 aromatic rings. The number of nitrogens with zero attached hydrogens (tertiary/aromatic N) is 4. The van der Waals surface area contributed by atoms with Crippen molar-refractivity contribution in [1.82, 2.24) is 19.7 Å². The summed E-state index contributed by atoms with van der Waals surface area (Å²) >= 11 is 1.38. The summed E-state index contributed by atoms with van der Waals surface area (Å²) in [5, 5.41) is 11.7. The highest BCUT2D eigenvalue weighted by molar-refractivity contribution is 7.14. The van der Waals surface area contributed by atoms with Gasteiger partial charge in [-0.1, -0.05) is 18.2 Å². The number of carbonyl (C=O) groups excluding carboxylic acids is 1. The Balaban J connectivity index is 1.34. The molecule has 7 nitrogen and oxygen atoms in total. The van der Waals surface area contributed by atoms with Crippen molar-refractivity contribution in [3.8, 4) is 11.5 Å². The number of para-hydroxylation sites is 1. The molecule has 4 heterocycles. The number of aromatic nitrogens is 4. The fourth-order valence-electron chi connectivity index (χ4n) is 3.95. The van der Waals surface area contributed by atoms with E-state index in [2.05, 4.69) is 15.4 Å². The Labute approximate surface area is 181 Å². The standard InChI is InChI=1S/C23H19N5O2S/c1-12-20-15(10-16(13-7-8-13)24-21(20)28(2)27-12)22(29)26-23-25-17(11-31-23)19-9-14-5-3-4-6-18(14)30-19/h3-6,9-11,13H,7-8H2,1-2H3,(H,25,26,29). The van der Waals surface area contributed by atoms with E-state index in [-0.39, 0.29) is 5.91 Å². The van der Waals surface area contributed by atoms with Crippen molar-refractivity contribution in [2.75, 3.05) is 5.32 Å². The van der Waals surface area contributed by atoms with E-state index in [0.29, 0.717) is 28.1 Å². The lowest BCUT2D eigenvalue weighted by molar-refractivity contribution is 0.102. The molecule has 1 aromatic carbocycles. The normalized spacial score (nSPS) is 13.9. The van der Waals surface area contributed by atoms with Crippen LogP contribution in [0.4, 0.5) is 5.13 Å². The van der Waals surface area contributed by atoms with Gasteiger partial charge in [0.1, 0.15) is 11.3 Å². The summed E-state index contributed by atoms with van der Waals surface area (Å²) in [5.74, 6) is 0.921. The molecule has 0 bridgehead atoms. The fraction of sp³-hybridized carbons (Fsp3) is 0.217. The molecule has 6 rings (SSSR count). The Bertz CT molecular complexity index is 1440.